The predicted octanol–water partition coefficient (Wildman–Crippen LogP) is 2.61. The molecule has 2 N–H and O–H groups in total. The summed E-state index contributed by atoms with van der Waals surface area (Å²) in [5, 5.41) is 14.3. The summed E-state index contributed by atoms with van der Waals surface area (Å²) in [5.74, 6) is 0.834. The molecule has 0 aliphatic carbocycles. The number of hydrogen-bond donors (Lipinski definition) is 2. The van der Waals surface area contributed by atoms with Crippen molar-refractivity contribution >= 4 is 28.4 Å². The SMILES string of the molecule is CSCC(CCO)NC(=O)Cc1cccc2ccccc12. The number of aliphatic hydroxyl groups excluding tert-OH is 1. The van der Waals surface area contributed by atoms with Crippen LogP contribution in [0, 0.1) is 0 Å². The van der Waals surface area contributed by atoms with Crippen LogP contribution in [0.4, 0.5) is 0 Å². The lowest BCUT2D eigenvalue weighted by Crippen LogP contribution is -2.38. The van der Waals surface area contributed by atoms with Crippen LogP contribution in [0.5, 0.6) is 0 Å². The summed E-state index contributed by atoms with van der Waals surface area (Å²) >= 11 is 1.67. The second kappa shape index (κ2) is 8.05. The molecule has 2 aromatic rings. The van der Waals surface area contributed by atoms with Crippen molar-refractivity contribution in [1.82, 2.24) is 5.32 Å². The zero-order valence-corrected chi connectivity index (χ0v) is 13.0. The first kappa shape index (κ1) is 15.9. The van der Waals surface area contributed by atoms with E-state index in [0.29, 0.717) is 12.8 Å². The van der Waals surface area contributed by atoms with E-state index in [1.807, 2.05) is 36.6 Å². The second-order valence-corrected chi connectivity index (χ2v) is 5.96. The largest absolute Gasteiger partial charge is 0.396 e. The van der Waals surface area contributed by atoms with Gasteiger partial charge in [0.05, 0.1) is 6.42 Å². The van der Waals surface area contributed by atoms with E-state index in [4.69, 9.17) is 5.11 Å². The van der Waals surface area contributed by atoms with E-state index in [1.165, 1.54) is 0 Å². The standard InChI is InChI=1S/C17H21NO2S/c1-21-12-15(9-10-19)18-17(20)11-14-7-4-6-13-5-2-3-8-16(13)14/h2-8,15,19H,9-12H2,1H3,(H,18,20). The van der Waals surface area contributed by atoms with E-state index in [9.17, 15) is 4.79 Å². The van der Waals surface area contributed by atoms with E-state index in [-0.39, 0.29) is 18.6 Å². The molecule has 1 atom stereocenters. The Morgan fingerprint density at radius 3 is 2.76 bits per heavy atom. The number of amides is 1. The monoisotopic (exact) mass is 303 g/mol. The molecule has 0 radical (unpaired) electrons. The summed E-state index contributed by atoms with van der Waals surface area (Å²) in [6.45, 7) is 0.0970. The third-order valence-corrected chi connectivity index (χ3v) is 4.18. The molecular weight excluding hydrogens is 282 g/mol. The van der Waals surface area contributed by atoms with Gasteiger partial charge in [0.25, 0.3) is 0 Å². The molecule has 0 aromatic heterocycles. The van der Waals surface area contributed by atoms with Crippen LogP contribution in [0.15, 0.2) is 42.5 Å². The van der Waals surface area contributed by atoms with Crippen LogP contribution in [-0.2, 0) is 11.2 Å². The van der Waals surface area contributed by atoms with E-state index < -0.39 is 0 Å². The maximum atomic E-state index is 12.2. The molecule has 0 saturated carbocycles. The molecule has 0 spiro atoms. The first-order valence-corrected chi connectivity index (χ1v) is 8.49. The van der Waals surface area contributed by atoms with Crippen molar-refractivity contribution < 1.29 is 9.90 Å². The number of thioether (sulfide) groups is 1. The minimum atomic E-state index is 0.0128. The van der Waals surface area contributed by atoms with Gasteiger partial charge in [0.2, 0.25) is 5.91 Å². The summed E-state index contributed by atoms with van der Waals surface area (Å²) in [4.78, 5) is 12.2. The number of rotatable bonds is 7. The van der Waals surface area contributed by atoms with Gasteiger partial charge in [-0.1, -0.05) is 42.5 Å². The highest BCUT2D eigenvalue weighted by Gasteiger charge is 2.12. The fraction of sp³-hybridized carbons (Fsp3) is 0.353. The molecule has 0 saturated heterocycles. The van der Waals surface area contributed by atoms with E-state index >= 15 is 0 Å². The zero-order chi connectivity index (χ0) is 15.1. The molecule has 1 unspecified atom stereocenters. The Labute approximate surface area is 129 Å². The molecule has 0 heterocycles. The lowest BCUT2D eigenvalue weighted by atomic mass is 10.0. The van der Waals surface area contributed by atoms with Gasteiger partial charge in [-0.05, 0) is 29.0 Å². The van der Waals surface area contributed by atoms with Gasteiger partial charge in [-0.2, -0.15) is 11.8 Å². The summed E-state index contributed by atoms with van der Waals surface area (Å²) in [6.07, 6.45) is 2.97. The molecular formula is C17H21NO2S. The maximum absolute atomic E-state index is 12.2. The highest BCUT2D eigenvalue weighted by atomic mass is 32.2. The van der Waals surface area contributed by atoms with Crippen molar-refractivity contribution in [2.24, 2.45) is 0 Å². The molecule has 1 amide bonds. The van der Waals surface area contributed by atoms with Crippen molar-refractivity contribution in [3.63, 3.8) is 0 Å². The Morgan fingerprint density at radius 1 is 1.24 bits per heavy atom. The van der Waals surface area contributed by atoms with Crippen LogP contribution in [0.25, 0.3) is 10.8 Å². The second-order valence-electron chi connectivity index (χ2n) is 5.05. The number of nitrogens with one attached hydrogen (secondary N) is 1. The average Bonchev–Trinajstić information content (AvgIpc) is 2.48. The molecule has 0 aliphatic heterocycles. The van der Waals surface area contributed by atoms with Gasteiger partial charge in [0, 0.05) is 18.4 Å². The Balaban J connectivity index is 2.07. The van der Waals surface area contributed by atoms with Gasteiger partial charge in [-0.25, -0.2) is 0 Å². The molecule has 21 heavy (non-hydrogen) atoms. The quantitative estimate of drug-likeness (QED) is 0.826. The predicted molar refractivity (Wildman–Crippen MR) is 89.7 cm³/mol. The molecule has 0 fully saturated rings. The Hall–Kier alpha value is -1.52. The van der Waals surface area contributed by atoms with Gasteiger partial charge in [0.15, 0.2) is 0 Å². The molecule has 0 bridgehead atoms. The van der Waals surface area contributed by atoms with E-state index in [0.717, 1.165) is 22.1 Å². The Bertz CT molecular complexity index is 589. The van der Waals surface area contributed by atoms with Crippen LogP contribution in [0.3, 0.4) is 0 Å². The topological polar surface area (TPSA) is 49.3 Å². The summed E-state index contributed by atoms with van der Waals surface area (Å²) in [5.41, 5.74) is 1.04. The smallest absolute Gasteiger partial charge is 0.224 e. The van der Waals surface area contributed by atoms with E-state index in [2.05, 4.69) is 17.4 Å². The summed E-state index contributed by atoms with van der Waals surface area (Å²) < 4.78 is 0. The number of benzene rings is 2. The van der Waals surface area contributed by atoms with Crippen molar-refractivity contribution in [3.8, 4) is 0 Å². The van der Waals surface area contributed by atoms with Crippen LogP contribution < -0.4 is 5.32 Å². The highest BCUT2D eigenvalue weighted by molar-refractivity contribution is 7.98. The molecule has 2 aromatic carbocycles. The molecule has 2 rings (SSSR count). The molecule has 4 heteroatoms. The van der Waals surface area contributed by atoms with Crippen LogP contribution in [0.2, 0.25) is 0 Å². The summed E-state index contributed by atoms with van der Waals surface area (Å²) in [6, 6.07) is 14.2. The molecule has 3 nitrogen and oxygen atoms in total. The van der Waals surface area contributed by atoms with Crippen LogP contribution in [-0.4, -0.2) is 35.7 Å². The van der Waals surface area contributed by atoms with Gasteiger partial charge >= 0.3 is 0 Å². The Morgan fingerprint density at radius 2 is 2.00 bits per heavy atom. The third-order valence-electron chi connectivity index (χ3n) is 3.44. The number of fused-ring (bicyclic) bond motifs is 1. The van der Waals surface area contributed by atoms with Gasteiger partial charge in [-0.3, -0.25) is 4.79 Å². The summed E-state index contributed by atoms with van der Waals surface area (Å²) in [7, 11) is 0. The first-order valence-electron chi connectivity index (χ1n) is 7.10. The normalized spacial score (nSPS) is 12.3. The fourth-order valence-corrected chi connectivity index (χ4v) is 3.10. The lowest BCUT2D eigenvalue weighted by molar-refractivity contribution is -0.121. The van der Waals surface area contributed by atoms with Crippen LogP contribution in [0.1, 0.15) is 12.0 Å². The minimum absolute atomic E-state index is 0.0128. The number of aliphatic hydroxyl groups is 1. The van der Waals surface area contributed by atoms with Crippen molar-refractivity contribution in [3.05, 3.63) is 48.0 Å². The molecule has 112 valence electrons. The van der Waals surface area contributed by atoms with Gasteiger partial charge in [-0.15, -0.1) is 0 Å². The lowest BCUT2D eigenvalue weighted by Gasteiger charge is -2.17. The number of carbonyl (C=O) groups is 1. The molecule has 0 aliphatic rings. The average molecular weight is 303 g/mol. The van der Waals surface area contributed by atoms with Crippen molar-refractivity contribution in [1.29, 1.82) is 0 Å². The maximum Gasteiger partial charge on any atom is 0.224 e. The van der Waals surface area contributed by atoms with Crippen LogP contribution >= 0.6 is 11.8 Å². The van der Waals surface area contributed by atoms with Crippen molar-refractivity contribution in [2.45, 2.75) is 18.9 Å². The fourth-order valence-electron chi connectivity index (χ4n) is 2.45. The number of carbonyl (C=O) groups excluding carboxylic acids is 1. The Kier molecular flexibility index (Phi) is 6.08. The highest BCUT2D eigenvalue weighted by Crippen LogP contribution is 2.19. The van der Waals surface area contributed by atoms with E-state index in [1.54, 1.807) is 11.8 Å². The van der Waals surface area contributed by atoms with Crippen molar-refractivity contribution in [2.75, 3.05) is 18.6 Å². The van der Waals surface area contributed by atoms with Gasteiger partial charge < -0.3 is 10.4 Å². The first-order chi connectivity index (χ1) is 10.2. The zero-order valence-electron chi connectivity index (χ0n) is 12.2. The van der Waals surface area contributed by atoms with Gasteiger partial charge in [0.1, 0.15) is 0 Å². The minimum Gasteiger partial charge on any atom is -0.396 e. The number of hydrogen-bond acceptors (Lipinski definition) is 3. The third kappa shape index (κ3) is 4.48.